The zero-order valence-corrected chi connectivity index (χ0v) is 13.0. The van der Waals surface area contributed by atoms with E-state index in [9.17, 15) is 8.42 Å². The van der Waals surface area contributed by atoms with Crippen LogP contribution in [0.4, 0.5) is 0 Å². The second-order valence-corrected chi connectivity index (χ2v) is 6.51. The molecule has 0 atom stereocenters. The Hall–Kier alpha value is -1.77. The first-order chi connectivity index (χ1) is 9.51. The predicted molar refractivity (Wildman–Crippen MR) is 81.2 cm³/mol. The first kappa shape index (κ1) is 14.6. The molecule has 0 heterocycles. The Morgan fingerprint density at radius 2 is 1.60 bits per heavy atom. The summed E-state index contributed by atoms with van der Waals surface area (Å²) in [6.07, 6.45) is 0. The topological polar surface area (TPSA) is 43.4 Å². The van der Waals surface area contributed by atoms with Gasteiger partial charge in [-0.25, -0.2) is 8.42 Å². The monoisotopic (exact) mass is 350 g/mol. The van der Waals surface area contributed by atoms with Crippen LogP contribution in [0.5, 0.6) is 5.75 Å². The van der Waals surface area contributed by atoms with Crippen LogP contribution in [0, 0.1) is 11.2 Å². The van der Waals surface area contributed by atoms with E-state index in [1.54, 1.807) is 43.5 Å². The molecule has 3 nitrogen and oxygen atoms in total. The predicted octanol–water partition coefficient (Wildman–Crippen LogP) is 3.24. The zero-order valence-electron chi connectivity index (χ0n) is 10.6. The summed E-state index contributed by atoms with van der Waals surface area (Å²) in [7, 11) is -2.04. The summed E-state index contributed by atoms with van der Waals surface area (Å²) in [6, 6.07) is 13.3. The molecule has 0 radical (unpaired) electrons. The molecule has 20 heavy (non-hydrogen) atoms. The van der Waals surface area contributed by atoms with E-state index in [4.69, 9.17) is 4.74 Å². The number of halogens is 1. The molecule has 102 valence electrons. The second kappa shape index (κ2) is 6.12. The number of hydrogen-bond donors (Lipinski definition) is 0. The minimum atomic E-state index is -3.60. The van der Waals surface area contributed by atoms with Gasteiger partial charge in [0.15, 0.2) is 0 Å². The van der Waals surface area contributed by atoms with Gasteiger partial charge in [-0.15, -0.1) is 0 Å². The molecule has 0 saturated carbocycles. The summed E-state index contributed by atoms with van der Waals surface area (Å²) in [5.74, 6) is 3.34. The van der Waals surface area contributed by atoms with Crippen LogP contribution in [0.25, 0.3) is 0 Å². The van der Waals surface area contributed by atoms with Gasteiger partial charge in [0.1, 0.15) is 5.75 Å². The van der Waals surface area contributed by atoms with Gasteiger partial charge < -0.3 is 4.74 Å². The van der Waals surface area contributed by atoms with Gasteiger partial charge in [0, 0.05) is 15.3 Å². The molecule has 0 bridgehead atoms. The third kappa shape index (κ3) is 3.62. The largest absolute Gasteiger partial charge is 0.497 e. The highest BCUT2D eigenvalue weighted by atomic mass is 79.9. The molecule has 0 fully saturated rings. The van der Waals surface area contributed by atoms with Crippen LogP contribution >= 0.6 is 15.9 Å². The highest BCUT2D eigenvalue weighted by Gasteiger charge is 2.09. The van der Waals surface area contributed by atoms with Gasteiger partial charge in [-0.3, -0.25) is 0 Å². The minimum absolute atomic E-state index is 0.182. The van der Waals surface area contributed by atoms with E-state index in [1.165, 1.54) is 12.1 Å². The van der Waals surface area contributed by atoms with Gasteiger partial charge in [-0.1, -0.05) is 15.9 Å². The van der Waals surface area contributed by atoms with Crippen LogP contribution in [0.1, 0.15) is 5.56 Å². The van der Waals surface area contributed by atoms with Crippen LogP contribution in [0.15, 0.2) is 57.9 Å². The zero-order chi connectivity index (χ0) is 14.6. The number of hydrogen-bond acceptors (Lipinski definition) is 3. The summed E-state index contributed by atoms with van der Waals surface area (Å²) in [5, 5.41) is 2.31. The lowest BCUT2D eigenvalue weighted by Gasteiger charge is -1.98. The average molecular weight is 351 g/mol. The number of rotatable bonds is 2. The molecular formula is C15H11BrO3S. The molecule has 0 aliphatic rings. The normalized spacial score (nSPS) is 10.5. The maximum Gasteiger partial charge on any atom is 0.245 e. The van der Waals surface area contributed by atoms with Crippen molar-refractivity contribution < 1.29 is 13.2 Å². The van der Waals surface area contributed by atoms with Gasteiger partial charge in [-0.2, -0.15) is 0 Å². The Balaban J connectivity index is 2.28. The van der Waals surface area contributed by atoms with Gasteiger partial charge >= 0.3 is 0 Å². The summed E-state index contributed by atoms with van der Waals surface area (Å²) in [4.78, 5) is 0.182. The van der Waals surface area contributed by atoms with Crippen LogP contribution in [0.3, 0.4) is 0 Å². The Labute approximate surface area is 126 Å². The molecule has 0 amide bonds. The van der Waals surface area contributed by atoms with Crippen molar-refractivity contribution in [2.45, 2.75) is 4.90 Å². The second-order valence-electron chi connectivity index (χ2n) is 3.91. The SMILES string of the molecule is COc1ccc(C#CS(=O)(=O)c2ccc(Br)cc2)cc1. The van der Waals surface area contributed by atoms with E-state index < -0.39 is 9.84 Å². The smallest absolute Gasteiger partial charge is 0.245 e. The van der Waals surface area contributed by atoms with E-state index in [2.05, 4.69) is 27.1 Å². The van der Waals surface area contributed by atoms with Crippen LogP contribution in [-0.4, -0.2) is 15.5 Å². The summed E-state index contributed by atoms with van der Waals surface area (Å²) >= 11 is 3.26. The number of methoxy groups -OCH3 is 1. The fourth-order valence-corrected chi connectivity index (χ4v) is 2.60. The molecular weight excluding hydrogens is 340 g/mol. The Morgan fingerprint density at radius 1 is 1.00 bits per heavy atom. The number of benzene rings is 2. The molecule has 0 aliphatic carbocycles. The molecule has 0 spiro atoms. The maximum atomic E-state index is 12.0. The summed E-state index contributed by atoms with van der Waals surface area (Å²) < 4.78 is 29.9. The lowest BCUT2D eigenvalue weighted by atomic mass is 10.2. The van der Waals surface area contributed by atoms with Crippen molar-refractivity contribution in [3.05, 3.63) is 58.6 Å². The summed E-state index contributed by atoms with van der Waals surface area (Å²) in [5.41, 5.74) is 0.617. The van der Waals surface area contributed by atoms with E-state index in [-0.39, 0.29) is 4.90 Å². The van der Waals surface area contributed by atoms with Crippen molar-refractivity contribution >= 4 is 25.8 Å². The molecule has 2 rings (SSSR count). The third-order valence-electron chi connectivity index (χ3n) is 2.54. The molecule has 2 aromatic rings. The standard InChI is InChI=1S/C15H11BrO3S/c1-19-14-6-2-12(3-7-14)10-11-20(17,18)15-8-4-13(16)5-9-15/h2-9H,1H3. The Morgan fingerprint density at radius 3 is 2.15 bits per heavy atom. The van der Waals surface area contributed by atoms with Crippen molar-refractivity contribution in [1.82, 2.24) is 0 Å². The quantitative estimate of drug-likeness (QED) is 0.781. The molecule has 0 saturated heterocycles. The Kier molecular flexibility index (Phi) is 4.48. The average Bonchev–Trinajstić information content (AvgIpc) is 2.46. The van der Waals surface area contributed by atoms with Crippen LogP contribution in [0.2, 0.25) is 0 Å². The molecule has 2 aromatic carbocycles. The molecule has 0 N–H and O–H groups in total. The fourth-order valence-electron chi connectivity index (χ4n) is 1.47. The van der Waals surface area contributed by atoms with E-state index in [1.807, 2.05) is 0 Å². The van der Waals surface area contributed by atoms with Gasteiger partial charge in [0.05, 0.1) is 12.0 Å². The van der Waals surface area contributed by atoms with Crippen molar-refractivity contribution in [2.75, 3.05) is 7.11 Å². The maximum absolute atomic E-state index is 12.0. The lowest BCUT2D eigenvalue weighted by molar-refractivity contribution is 0.415. The minimum Gasteiger partial charge on any atom is -0.497 e. The van der Waals surface area contributed by atoms with Crippen molar-refractivity contribution in [2.24, 2.45) is 0 Å². The highest BCUT2D eigenvalue weighted by molar-refractivity contribution is 9.10. The van der Waals surface area contributed by atoms with E-state index in [0.717, 1.165) is 4.47 Å². The molecule has 5 heteroatoms. The first-order valence-corrected chi connectivity index (χ1v) is 7.96. The molecule has 0 aromatic heterocycles. The number of ether oxygens (including phenoxy) is 1. The highest BCUT2D eigenvalue weighted by Crippen LogP contribution is 2.16. The third-order valence-corrected chi connectivity index (χ3v) is 4.34. The van der Waals surface area contributed by atoms with Gasteiger partial charge in [-0.05, 0) is 54.5 Å². The van der Waals surface area contributed by atoms with E-state index >= 15 is 0 Å². The first-order valence-electron chi connectivity index (χ1n) is 5.69. The van der Waals surface area contributed by atoms with Crippen molar-refractivity contribution in [3.63, 3.8) is 0 Å². The van der Waals surface area contributed by atoms with Crippen LogP contribution in [-0.2, 0) is 9.84 Å². The van der Waals surface area contributed by atoms with Crippen molar-refractivity contribution in [1.29, 1.82) is 0 Å². The van der Waals surface area contributed by atoms with Crippen molar-refractivity contribution in [3.8, 4) is 16.9 Å². The lowest BCUT2D eigenvalue weighted by Crippen LogP contribution is -1.96. The molecule has 0 aliphatic heterocycles. The molecule has 0 unspecified atom stereocenters. The van der Waals surface area contributed by atoms with Gasteiger partial charge in [0.25, 0.3) is 0 Å². The summed E-state index contributed by atoms with van der Waals surface area (Å²) in [6.45, 7) is 0. The fraction of sp³-hybridized carbons (Fsp3) is 0.0667. The number of sulfone groups is 1. The van der Waals surface area contributed by atoms with E-state index in [0.29, 0.717) is 11.3 Å². The van der Waals surface area contributed by atoms with Gasteiger partial charge in [0.2, 0.25) is 9.84 Å². The van der Waals surface area contributed by atoms with Crippen LogP contribution < -0.4 is 4.74 Å². The Bertz CT molecular complexity index is 752.